The third-order valence-corrected chi connectivity index (χ3v) is 3.05. The van der Waals surface area contributed by atoms with E-state index in [1.165, 1.54) is 0 Å². The van der Waals surface area contributed by atoms with Crippen molar-refractivity contribution in [2.24, 2.45) is 0 Å². The molecule has 1 rings (SSSR count). The summed E-state index contributed by atoms with van der Waals surface area (Å²) in [5, 5.41) is 13.2. The summed E-state index contributed by atoms with van der Waals surface area (Å²) in [5.74, 6) is 1.65. The van der Waals surface area contributed by atoms with Crippen LogP contribution >= 0.6 is 0 Å². The van der Waals surface area contributed by atoms with Gasteiger partial charge in [0.05, 0.1) is 19.3 Å². The van der Waals surface area contributed by atoms with E-state index in [0.29, 0.717) is 19.6 Å². The number of aliphatic hydroxyl groups is 1. The maximum atomic E-state index is 9.74. The van der Waals surface area contributed by atoms with Crippen molar-refractivity contribution >= 4 is 0 Å². The highest BCUT2D eigenvalue weighted by Gasteiger charge is 2.15. The van der Waals surface area contributed by atoms with Gasteiger partial charge in [0.2, 0.25) is 0 Å². The lowest BCUT2D eigenvalue weighted by molar-refractivity contribution is 0.0551. The van der Waals surface area contributed by atoms with Crippen molar-refractivity contribution < 1.29 is 14.6 Å². The van der Waals surface area contributed by atoms with Gasteiger partial charge in [-0.25, -0.2) is 0 Å². The Balaban J connectivity index is 2.76. The van der Waals surface area contributed by atoms with Gasteiger partial charge in [-0.3, -0.25) is 0 Å². The van der Waals surface area contributed by atoms with Gasteiger partial charge >= 0.3 is 0 Å². The molecule has 4 heteroatoms. The molecule has 0 aliphatic carbocycles. The summed E-state index contributed by atoms with van der Waals surface area (Å²) < 4.78 is 11.1. The molecule has 0 heterocycles. The summed E-state index contributed by atoms with van der Waals surface area (Å²) in [6.45, 7) is 11.1. The standard InChI is InChI=1S/C17H29NO3/c1-16(2,3)18-12-13-11-14(20-6)7-8-15(13)21-10-9-17(4,5)19/h7-8,11,18-19H,9-10,12H2,1-6H3. The van der Waals surface area contributed by atoms with Gasteiger partial charge in [0.15, 0.2) is 0 Å². The fourth-order valence-corrected chi connectivity index (χ4v) is 1.73. The number of nitrogens with one attached hydrogen (secondary N) is 1. The zero-order chi connectivity index (χ0) is 16.1. The summed E-state index contributed by atoms with van der Waals surface area (Å²) in [6.07, 6.45) is 0.588. The Hall–Kier alpha value is -1.26. The zero-order valence-electron chi connectivity index (χ0n) is 14.1. The van der Waals surface area contributed by atoms with E-state index >= 15 is 0 Å². The Morgan fingerprint density at radius 3 is 2.33 bits per heavy atom. The van der Waals surface area contributed by atoms with Crippen LogP contribution in [0.15, 0.2) is 18.2 Å². The normalized spacial score (nSPS) is 12.3. The van der Waals surface area contributed by atoms with Crippen LogP contribution in [0.25, 0.3) is 0 Å². The van der Waals surface area contributed by atoms with E-state index in [4.69, 9.17) is 9.47 Å². The first-order chi connectivity index (χ1) is 9.61. The Labute approximate surface area is 128 Å². The smallest absolute Gasteiger partial charge is 0.124 e. The first-order valence-corrected chi connectivity index (χ1v) is 7.38. The fourth-order valence-electron chi connectivity index (χ4n) is 1.73. The minimum Gasteiger partial charge on any atom is -0.497 e. The first-order valence-electron chi connectivity index (χ1n) is 7.38. The lowest BCUT2D eigenvalue weighted by Crippen LogP contribution is -2.35. The van der Waals surface area contributed by atoms with Crippen LogP contribution in [-0.4, -0.2) is 30.0 Å². The maximum absolute atomic E-state index is 9.74. The lowest BCUT2D eigenvalue weighted by Gasteiger charge is -2.22. The average Bonchev–Trinajstić information content (AvgIpc) is 2.35. The molecule has 0 fully saturated rings. The molecule has 0 radical (unpaired) electrons. The van der Waals surface area contributed by atoms with E-state index in [1.807, 2.05) is 18.2 Å². The highest BCUT2D eigenvalue weighted by Crippen LogP contribution is 2.25. The van der Waals surface area contributed by atoms with Crippen molar-refractivity contribution in [2.75, 3.05) is 13.7 Å². The number of benzene rings is 1. The molecule has 0 aliphatic rings. The van der Waals surface area contributed by atoms with Crippen molar-refractivity contribution in [3.8, 4) is 11.5 Å². The van der Waals surface area contributed by atoms with Gasteiger partial charge in [-0.1, -0.05) is 0 Å². The number of hydrogen-bond acceptors (Lipinski definition) is 4. The SMILES string of the molecule is COc1ccc(OCCC(C)(C)O)c(CNC(C)(C)C)c1. The van der Waals surface area contributed by atoms with Crippen molar-refractivity contribution in [3.05, 3.63) is 23.8 Å². The number of methoxy groups -OCH3 is 1. The Kier molecular flexibility index (Phi) is 6.05. The van der Waals surface area contributed by atoms with Crippen LogP contribution in [0, 0.1) is 0 Å². The van der Waals surface area contributed by atoms with Gasteiger partial charge in [-0.15, -0.1) is 0 Å². The van der Waals surface area contributed by atoms with Crippen molar-refractivity contribution in [3.63, 3.8) is 0 Å². The van der Waals surface area contributed by atoms with Gasteiger partial charge in [-0.2, -0.15) is 0 Å². The van der Waals surface area contributed by atoms with Crippen molar-refractivity contribution in [2.45, 2.75) is 58.7 Å². The zero-order valence-corrected chi connectivity index (χ0v) is 14.1. The molecule has 0 unspecified atom stereocenters. The minimum absolute atomic E-state index is 0.0352. The molecule has 0 spiro atoms. The second-order valence-electron chi connectivity index (χ2n) is 6.99. The highest BCUT2D eigenvalue weighted by molar-refractivity contribution is 5.40. The Bertz CT molecular complexity index is 444. The third kappa shape index (κ3) is 7.34. The Morgan fingerprint density at radius 1 is 1.14 bits per heavy atom. The number of ether oxygens (including phenoxy) is 2. The van der Waals surface area contributed by atoms with Crippen LogP contribution in [0.1, 0.15) is 46.6 Å². The predicted molar refractivity (Wildman–Crippen MR) is 86.0 cm³/mol. The molecule has 120 valence electrons. The summed E-state index contributed by atoms with van der Waals surface area (Å²) in [4.78, 5) is 0. The molecular formula is C17H29NO3. The second kappa shape index (κ2) is 7.14. The predicted octanol–water partition coefficient (Wildman–Crippen LogP) is 3.12. The Morgan fingerprint density at radius 2 is 1.81 bits per heavy atom. The summed E-state index contributed by atoms with van der Waals surface area (Å²) >= 11 is 0. The molecule has 0 atom stereocenters. The van der Waals surface area contributed by atoms with Crippen molar-refractivity contribution in [1.82, 2.24) is 5.32 Å². The second-order valence-corrected chi connectivity index (χ2v) is 6.99. The van der Waals surface area contributed by atoms with E-state index < -0.39 is 5.60 Å². The van der Waals surface area contributed by atoms with Crippen LogP contribution in [0.5, 0.6) is 11.5 Å². The summed E-state index contributed by atoms with van der Waals surface area (Å²) in [6, 6.07) is 5.79. The molecule has 1 aromatic rings. The van der Waals surface area contributed by atoms with Crippen LogP contribution < -0.4 is 14.8 Å². The minimum atomic E-state index is -0.712. The van der Waals surface area contributed by atoms with E-state index in [-0.39, 0.29) is 5.54 Å². The largest absolute Gasteiger partial charge is 0.497 e. The fraction of sp³-hybridized carbons (Fsp3) is 0.647. The van der Waals surface area contributed by atoms with Crippen LogP contribution in [0.4, 0.5) is 0 Å². The third-order valence-electron chi connectivity index (χ3n) is 3.05. The van der Waals surface area contributed by atoms with Crippen LogP contribution in [0.3, 0.4) is 0 Å². The highest BCUT2D eigenvalue weighted by atomic mass is 16.5. The van der Waals surface area contributed by atoms with Crippen LogP contribution in [-0.2, 0) is 6.54 Å². The number of rotatable bonds is 7. The first kappa shape index (κ1) is 17.8. The van der Waals surface area contributed by atoms with E-state index in [0.717, 1.165) is 17.1 Å². The van der Waals surface area contributed by atoms with Gasteiger partial charge in [-0.05, 0) is 52.8 Å². The molecule has 21 heavy (non-hydrogen) atoms. The molecule has 0 aliphatic heterocycles. The molecule has 0 aromatic heterocycles. The van der Waals surface area contributed by atoms with Gasteiger partial charge < -0.3 is 19.9 Å². The average molecular weight is 295 g/mol. The van der Waals surface area contributed by atoms with Gasteiger partial charge in [0.1, 0.15) is 11.5 Å². The molecule has 0 saturated heterocycles. The molecule has 1 aromatic carbocycles. The van der Waals surface area contributed by atoms with Gasteiger partial charge in [0.25, 0.3) is 0 Å². The number of hydrogen-bond donors (Lipinski definition) is 2. The van der Waals surface area contributed by atoms with Crippen molar-refractivity contribution in [1.29, 1.82) is 0 Å². The lowest BCUT2D eigenvalue weighted by atomic mass is 10.1. The van der Waals surface area contributed by atoms with E-state index in [2.05, 4.69) is 26.1 Å². The van der Waals surface area contributed by atoms with E-state index in [1.54, 1.807) is 21.0 Å². The molecule has 0 saturated carbocycles. The molecule has 0 amide bonds. The summed E-state index contributed by atoms with van der Waals surface area (Å²) in [5.41, 5.74) is 0.379. The topological polar surface area (TPSA) is 50.7 Å². The molecule has 0 bridgehead atoms. The quantitative estimate of drug-likeness (QED) is 0.811. The van der Waals surface area contributed by atoms with Gasteiger partial charge in [0, 0.05) is 24.1 Å². The monoisotopic (exact) mass is 295 g/mol. The molecule has 2 N–H and O–H groups in total. The van der Waals surface area contributed by atoms with E-state index in [9.17, 15) is 5.11 Å². The summed E-state index contributed by atoms with van der Waals surface area (Å²) in [7, 11) is 1.66. The molecule has 4 nitrogen and oxygen atoms in total. The molecular weight excluding hydrogens is 266 g/mol. The maximum Gasteiger partial charge on any atom is 0.124 e. The van der Waals surface area contributed by atoms with Crippen LogP contribution in [0.2, 0.25) is 0 Å².